The van der Waals surface area contributed by atoms with Crippen LogP contribution in [0.5, 0.6) is 0 Å². The number of hydrogen-bond donors (Lipinski definition) is 0. The summed E-state index contributed by atoms with van der Waals surface area (Å²) in [4.78, 5) is 37.2. The van der Waals surface area contributed by atoms with Crippen LogP contribution in [0.15, 0.2) is 0 Å². The van der Waals surface area contributed by atoms with Crippen molar-refractivity contribution in [3.05, 3.63) is 0 Å². The molecule has 0 aliphatic rings. The first-order valence-corrected chi connectivity index (χ1v) is 20.2. The molecule has 0 aliphatic heterocycles. The van der Waals surface area contributed by atoms with Gasteiger partial charge >= 0.3 is 11.9 Å². The fraction of sp³-hybridized carbons (Fsp3) is 0.944. The van der Waals surface area contributed by atoms with Gasteiger partial charge < -0.3 is 27.9 Å². The number of carbonyl (C=O) groups excluding carboxylic acids is 2. The maximum Gasteiger partial charge on any atom is 0.306 e. The molecule has 0 spiro atoms. The summed E-state index contributed by atoms with van der Waals surface area (Å²) < 4.78 is 33.7. The van der Waals surface area contributed by atoms with E-state index < -0.39 is 26.5 Å². The van der Waals surface area contributed by atoms with E-state index in [1.807, 2.05) is 21.1 Å². The molecule has 0 aromatic heterocycles. The van der Waals surface area contributed by atoms with E-state index in [-0.39, 0.29) is 32.0 Å². The molecule has 0 saturated carbocycles. The zero-order valence-corrected chi connectivity index (χ0v) is 31.4. The number of nitrogens with zero attached hydrogens (tertiary/aromatic N) is 1. The zero-order valence-electron chi connectivity index (χ0n) is 30.5. The predicted octanol–water partition coefficient (Wildman–Crippen LogP) is 9.05. The van der Waals surface area contributed by atoms with E-state index in [4.69, 9.17) is 18.5 Å². The van der Waals surface area contributed by atoms with E-state index in [2.05, 4.69) is 13.8 Å². The molecule has 0 aromatic rings. The summed E-state index contributed by atoms with van der Waals surface area (Å²) in [5, 5.41) is 0. The largest absolute Gasteiger partial charge is 0.756 e. The van der Waals surface area contributed by atoms with Crippen LogP contribution in [0.25, 0.3) is 0 Å². The number of ether oxygens (including phenoxy) is 2. The molecule has 10 heteroatoms. The summed E-state index contributed by atoms with van der Waals surface area (Å²) in [5.74, 6) is -0.829. The average molecular weight is 678 g/mol. The Morgan fingerprint density at radius 1 is 0.587 bits per heavy atom. The molecule has 0 fully saturated rings. The molecule has 1 unspecified atom stereocenters. The Morgan fingerprint density at radius 2 is 0.978 bits per heavy atom. The quantitative estimate of drug-likeness (QED) is 0.0287. The van der Waals surface area contributed by atoms with Gasteiger partial charge in [-0.05, 0) is 12.8 Å². The lowest BCUT2D eigenvalue weighted by Gasteiger charge is -2.28. The van der Waals surface area contributed by atoms with Crippen molar-refractivity contribution in [2.45, 2.75) is 174 Å². The first-order chi connectivity index (χ1) is 22.0. The third kappa shape index (κ3) is 32.9. The smallest absolute Gasteiger partial charge is 0.306 e. The highest BCUT2D eigenvalue weighted by molar-refractivity contribution is 7.45. The maximum atomic E-state index is 12.6. The Labute approximate surface area is 283 Å². The second-order valence-corrected chi connectivity index (χ2v) is 15.4. The second kappa shape index (κ2) is 30.1. The minimum atomic E-state index is -4.60. The third-order valence-corrected chi connectivity index (χ3v) is 9.09. The lowest BCUT2D eigenvalue weighted by molar-refractivity contribution is -0.870. The van der Waals surface area contributed by atoms with Crippen molar-refractivity contribution < 1.29 is 42.1 Å². The summed E-state index contributed by atoms with van der Waals surface area (Å²) in [6.45, 7) is 4.21. The van der Waals surface area contributed by atoms with E-state index in [0.717, 1.165) is 32.1 Å². The van der Waals surface area contributed by atoms with E-state index in [9.17, 15) is 19.0 Å². The van der Waals surface area contributed by atoms with E-state index >= 15 is 0 Å². The van der Waals surface area contributed by atoms with Crippen molar-refractivity contribution in [3.8, 4) is 0 Å². The van der Waals surface area contributed by atoms with Gasteiger partial charge in [-0.25, -0.2) is 0 Å². The number of likely N-dealkylation sites (N-methyl/N-ethyl adjacent to an activating group) is 1. The van der Waals surface area contributed by atoms with Crippen molar-refractivity contribution in [2.75, 3.05) is 47.5 Å². The molecule has 0 heterocycles. The molecule has 9 nitrogen and oxygen atoms in total. The fourth-order valence-electron chi connectivity index (χ4n) is 5.12. The first-order valence-electron chi connectivity index (χ1n) is 18.7. The van der Waals surface area contributed by atoms with Crippen LogP contribution in [0.2, 0.25) is 0 Å². The van der Waals surface area contributed by atoms with Crippen molar-refractivity contribution >= 4 is 19.8 Å². The average Bonchev–Trinajstić information content (AvgIpc) is 2.99. The highest BCUT2D eigenvalue weighted by Gasteiger charge is 2.21. The van der Waals surface area contributed by atoms with Gasteiger partial charge in [0.1, 0.15) is 19.8 Å². The molecule has 0 saturated heterocycles. The van der Waals surface area contributed by atoms with Crippen molar-refractivity contribution in [2.24, 2.45) is 0 Å². The molecule has 0 amide bonds. The van der Waals surface area contributed by atoms with Crippen LogP contribution in [-0.2, 0) is 32.7 Å². The molecular formula is C36H72NO8P. The highest BCUT2D eigenvalue weighted by atomic mass is 31.2. The molecule has 0 rings (SSSR count). The molecular weight excluding hydrogens is 605 g/mol. The number of rotatable bonds is 34. The van der Waals surface area contributed by atoms with Crippen molar-refractivity contribution in [3.63, 3.8) is 0 Å². The fourth-order valence-corrected chi connectivity index (χ4v) is 5.85. The van der Waals surface area contributed by atoms with Crippen molar-refractivity contribution in [1.82, 2.24) is 0 Å². The molecule has 0 bridgehead atoms. The van der Waals surface area contributed by atoms with Gasteiger partial charge in [-0.2, -0.15) is 0 Å². The molecule has 0 radical (unpaired) electrons. The Morgan fingerprint density at radius 3 is 1.39 bits per heavy atom. The zero-order chi connectivity index (χ0) is 34.4. The van der Waals surface area contributed by atoms with Gasteiger partial charge in [-0.3, -0.25) is 14.2 Å². The van der Waals surface area contributed by atoms with Gasteiger partial charge in [0.15, 0.2) is 6.10 Å². The maximum absolute atomic E-state index is 12.6. The van der Waals surface area contributed by atoms with Crippen LogP contribution in [-0.4, -0.2) is 70.0 Å². The molecule has 274 valence electrons. The van der Waals surface area contributed by atoms with Gasteiger partial charge in [0.05, 0.1) is 27.7 Å². The normalized spacial score (nSPS) is 13.8. The molecule has 0 N–H and O–H groups in total. The lowest BCUT2D eigenvalue weighted by atomic mass is 10.1. The summed E-state index contributed by atoms with van der Waals surface area (Å²) >= 11 is 0. The van der Waals surface area contributed by atoms with Crippen LogP contribution in [0, 0.1) is 0 Å². The molecule has 0 aliphatic carbocycles. The number of esters is 2. The van der Waals surface area contributed by atoms with Crippen LogP contribution in [0.4, 0.5) is 0 Å². The summed E-state index contributed by atoms with van der Waals surface area (Å²) in [7, 11) is 1.18. The highest BCUT2D eigenvalue weighted by Crippen LogP contribution is 2.38. The number of unbranched alkanes of at least 4 members (excludes halogenated alkanes) is 20. The third-order valence-electron chi connectivity index (χ3n) is 8.13. The van der Waals surface area contributed by atoms with Gasteiger partial charge in [0.25, 0.3) is 7.82 Å². The number of quaternary nitrogens is 1. The topological polar surface area (TPSA) is 111 Å². The van der Waals surface area contributed by atoms with Gasteiger partial charge in [0, 0.05) is 12.8 Å². The Hall–Kier alpha value is -0.990. The monoisotopic (exact) mass is 677 g/mol. The number of hydrogen-bond acceptors (Lipinski definition) is 8. The standard InChI is InChI=1S/C36H72NO8P/c1-6-8-10-12-14-16-18-20-22-24-26-28-35(38)42-32-34(33-44-46(40,41)43-31-30-37(3,4)5)45-36(39)29-27-25-23-21-19-17-15-13-11-9-7-2/h34H,6-33H2,1-5H3/t34-/m1/s1. The molecule has 2 atom stereocenters. The van der Waals surface area contributed by atoms with E-state index in [1.165, 1.54) is 103 Å². The van der Waals surface area contributed by atoms with Gasteiger partial charge in [0.2, 0.25) is 0 Å². The Kier molecular flexibility index (Phi) is 29.4. The minimum Gasteiger partial charge on any atom is -0.756 e. The number of phosphoric acid groups is 1. The van der Waals surface area contributed by atoms with Crippen LogP contribution < -0.4 is 4.89 Å². The predicted molar refractivity (Wildman–Crippen MR) is 185 cm³/mol. The summed E-state index contributed by atoms with van der Waals surface area (Å²) in [6, 6.07) is 0. The van der Waals surface area contributed by atoms with Gasteiger partial charge in [-0.15, -0.1) is 0 Å². The Bertz CT molecular complexity index is 774. The van der Waals surface area contributed by atoms with Gasteiger partial charge in [-0.1, -0.05) is 142 Å². The molecule has 0 aromatic carbocycles. The molecule has 46 heavy (non-hydrogen) atoms. The number of carbonyl (C=O) groups is 2. The summed E-state index contributed by atoms with van der Waals surface area (Å²) in [6.07, 6.45) is 25.5. The van der Waals surface area contributed by atoms with E-state index in [0.29, 0.717) is 17.4 Å². The lowest BCUT2D eigenvalue weighted by Crippen LogP contribution is -2.37. The Balaban J connectivity index is 4.44. The first kappa shape index (κ1) is 45.0. The van der Waals surface area contributed by atoms with Crippen LogP contribution in [0.3, 0.4) is 0 Å². The van der Waals surface area contributed by atoms with Crippen molar-refractivity contribution in [1.29, 1.82) is 0 Å². The minimum absolute atomic E-state index is 0.0263. The van der Waals surface area contributed by atoms with Crippen LogP contribution >= 0.6 is 7.82 Å². The SMILES string of the molecule is CCCCCCCCCCCCCC(=O)OC[C@H](COP(=O)([O-])OCC[N+](C)(C)C)OC(=O)CCCCCCCCCCCCC. The number of phosphoric ester groups is 1. The van der Waals surface area contributed by atoms with E-state index in [1.54, 1.807) is 0 Å². The van der Waals surface area contributed by atoms with Crippen LogP contribution in [0.1, 0.15) is 168 Å². The second-order valence-electron chi connectivity index (χ2n) is 14.0. The summed E-state index contributed by atoms with van der Waals surface area (Å²) in [5.41, 5.74) is 0.